The molecule has 1 aromatic rings. The van der Waals surface area contributed by atoms with E-state index in [1.54, 1.807) is 0 Å². The van der Waals surface area contributed by atoms with Gasteiger partial charge in [-0.25, -0.2) is 0 Å². The Labute approximate surface area is 106 Å². The van der Waals surface area contributed by atoms with Gasteiger partial charge in [0, 0.05) is 35.3 Å². The van der Waals surface area contributed by atoms with Crippen molar-refractivity contribution in [3.05, 3.63) is 33.8 Å². The first-order valence-electron chi connectivity index (χ1n) is 5.48. The number of benzene rings is 1. The largest absolute Gasteiger partial charge is 0.381 e. The number of nitrogens with one attached hydrogen (secondary N) is 1. The first-order valence-corrected chi connectivity index (χ1v) is 6.24. The molecule has 88 valence electrons. The van der Waals surface area contributed by atoms with Gasteiger partial charge < -0.3 is 10.1 Å². The molecule has 1 N–H and O–H groups in total. The molecule has 1 heterocycles. The summed E-state index contributed by atoms with van der Waals surface area (Å²) < 4.78 is 5.32. The molecule has 1 aliphatic heterocycles. The highest BCUT2D eigenvalue weighted by Crippen LogP contribution is 2.24. The van der Waals surface area contributed by atoms with E-state index in [0.29, 0.717) is 5.92 Å². The molecule has 0 saturated carbocycles. The third-order valence-corrected chi connectivity index (χ3v) is 3.53. The van der Waals surface area contributed by atoms with Gasteiger partial charge in [-0.1, -0.05) is 29.3 Å². The molecule has 0 radical (unpaired) electrons. The van der Waals surface area contributed by atoms with Crippen LogP contribution in [0, 0.1) is 5.92 Å². The Kier molecular flexibility index (Phi) is 4.47. The molecule has 0 spiro atoms. The van der Waals surface area contributed by atoms with Crippen LogP contribution in [0.4, 0.5) is 0 Å². The molecular formula is C12H15Cl2NO. The second-order valence-corrected chi connectivity index (χ2v) is 4.88. The third-order valence-electron chi connectivity index (χ3n) is 2.82. The summed E-state index contributed by atoms with van der Waals surface area (Å²) in [7, 11) is 0. The summed E-state index contributed by atoms with van der Waals surface area (Å²) >= 11 is 12.2. The van der Waals surface area contributed by atoms with Crippen molar-refractivity contribution in [1.29, 1.82) is 0 Å². The minimum Gasteiger partial charge on any atom is -0.381 e. The van der Waals surface area contributed by atoms with Gasteiger partial charge in [-0.05, 0) is 24.5 Å². The number of halogens is 2. The number of hydrogen-bond acceptors (Lipinski definition) is 2. The predicted molar refractivity (Wildman–Crippen MR) is 67.1 cm³/mol. The van der Waals surface area contributed by atoms with E-state index in [4.69, 9.17) is 27.9 Å². The van der Waals surface area contributed by atoms with E-state index in [-0.39, 0.29) is 0 Å². The molecule has 1 atom stereocenters. The summed E-state index contributed by atoms with van der Waals surface area (Å²) in [5, 5.41) is 4.83. The Morgan fingerprint density at radius 1 is 1.31 bits per heavy atom. The van der Waals surface area contributed by atoms with Gasteiger partial charge in [0.1, 0.15) is 0 Å². The molecular weight excluding hydrogens is 245 g/mol. The van der Waals surface area contributed by atoms with Gasteiger partial charge in [0.15, 0.2) is 0 Å². The van der Waals surface area contributed by atoms with Gasteiger partial charge in [-0.2, -0.15) is 0 Å². The summed E-state index contributed by atoms with van der Waals surface area (Å²) in [5.74, 6) is 0.626. The van der Waals surface area contributed by atoms with E-state index in [1.807, 2.05) is 18.2 Å². The molecule has 4 heteroatoms. The second kappa shape index (κ2) is 5.87. The van der Waals surface area contributed by atoms with Crippen LogP contribution in [-0.4, -0.2) is 19.8 Å². The SMILES string of the molecule is Clc1cccc(Cl)c1CNCC1CCOC1. The summed E-state index contributed by atoms with van der Waals surface area (Å²) in [5.41, 5.74) is 0.977. The number of rotatable bonds is 4. The lowest BCUT2D eigenvalue weighted by Gasteiger charge is -2.11. The fourth-order valence-electron chi connectivity index (χ4n) is 1.85. The normalized spacial score (nSPS) is 20.2. The molecule has 0 aliphatic carbocycles. The van der Waals surface area contributed by atoms with Crippen molar-refractivity contribution in [2.75, 3.05) is 19.8 Å². The Morgan fingerprint density at radius 3 is 2.69 bits per heavy atom. The van der Waals surface area contributed by atoms with Crippen LogP contribution in [-0.2, 0) is 11.3 Å². The van der Waals surface area contributed by atoms with Crippen molar-refractivity contribution in [3.63, 3.8) is 0 Å². The zero-order valence-corrected chi connectivity index (χ0v) is 10.5. The molecule has 2 rings (SSSR count). The van der Waals surface area contributed by atoms with E-state index < -0.39 is 0 Å². The Hall–Kier alpha value is -0.280. The van der Waals surface area contributed by atoms with Crippen molar-refractivity contribution in [2.45, 2.75) is 13.0 Å². The third kappa shape index (κ3) is 3.11. The van der Waals surface area contributed by atoms with Gasteiger partial charge in [0.2, 0.25) is 0 Å². The zero-order valence-electron chi connectivity index (χ0n) is 9.01. The van der Waals surface area contributed by atoms with Crippen LogP contribution in [0.25, 0.3) is 0 Å². The summed E-state index contributed by atoms with van der Waals surface area (Å²) in [6, 6.07) is 5.59. The molecule has 1 aliphatic rings. The highest BCUT2D eigenvalue weighted by atomic mass is 35.5. The highest BCUT2D eigenvalue weighted by molar-refractivity contribution is 6.35. The van der Waals surface area contributed by atoms with E-state index >= 15 is 0 Å². The molecule has 1 fully saturated rings. The van der Waals surface area contributed by atoms with Crippen molar-refractivity contribution < 1.29 is 4.74 Å². The minimum absolute atomic E-state index is 0.626. The quantitative estimate of drug-likeness (QED) is 0.898. The minimum atomic E-state index is 0.626. The van der Waals surface area contributed by atoms with Crippen LogP contribution >= 0.6 is 23.2 Å². The van der Waals surface area contributed by atoms with Crippen molar-refractivity contribution in [1.82, 2.24) is 5.32 Å². The molecule has 16 heavy (non-hydrogen) atoms. The van der Waals surface area contributed by atoms with E-state index in [0.717, 1.165) is 48.3 Å². The van der Waals surface area contributed by atoms with Crippen molar-refractivity contribution in [2.24, 2.45) is 5.92 Å². The molecule has 0 aromatic heterocycles. The molecule has 0 amide bonds. The van der Waals surface area contributed by atoms with Crippen LogP contribution in [0.2, 0.25) is 10.0 Å². The maximum atomic E-state index is 6.08. The predicted octanol–water partition coefficient (Wildman–Crippen LogP) is 3.12. The molecule has 2 nitrogen and oxygen atoms in total. The Balaban J connectivity index is 1.84. The van der Waals surface area contributed by atoms with Crippen molar-refractivity contribution in [3.8, 4) is 0 Å². The fourth-order valence-corrected chi connectivity index (χ4v) is 2.38. The van der Waals surface area contributed by atoms with Crippen LogP contribution in [0.1, 0.15) is 12.0 Å². The molecule has 1 saturated heterocycles. The first-order chi connectivity index (χ1) is 7.77. The second-order valence-electron chi connectivity index (χ2n) is 4.06. The maximum absolute atomic E-state index is 6.08. The average Bonchev–Trinajstić information content (AvgIpc) is 2.75. The van der Waals surface area contributed by atoms with Crippen molar-refractivity contribution >= 4 is 23.2 Å². The van der Waals surface area contributed by atoms with Crippen LogP contribution in [0.3, 0.4) is 0 Å². The smallest absolute Gasteiger partial charge is 0.0507 e. The standard InChI is InChI=1S/C12H15Cl2NO/c13-11-2-1-3-12(14)10(11)7-15-6-9-4-5-16-8-9/h1-3,9,15H,4-8H2. The zero-order chi connectivity index (χ0) is 11.4. The Morgan fingerprint density at radius 2 is 2.06 bits per heavy atom. The molecule has 1 aromatic carbocycles. The van der Waals surface area contributed by atoms with Gasteiger partial charge in [-0.3, -0.25) is 0 Å². The molecule has 1 unspecified atom stereocenters. The van der Waals surface area contributed by atoms with Gasteiger partial charge in [0.05, 0.1) is 6.61 Å². The van der Waals surface area contributed by atoms with E-state index in [2.05, 4.69) is 5.32 Å². The fraction of sp³-hybridized carbons (Fsp3) is 0.500. The number of hydrogen-bond donors (Lipinski definition) is 1. The highest BCUT2D eigenvalue weighted by Gasteiger charge is 2.15. The summed E-state index contributed by atoms with van der Waals surface area (Å²) in [6.07, 6.45) is 1.14. The average molecular weight is 260 g/mol. The van der Waals surface area contributed by atoms with Crippen LogP contribution in [0.5, 0.6) is 0 Å². The molecule has 0 bridgehead atoms. The van der Waals surface area contributed by atoms with Gasteiger partial charge in [-0.15, -0.1) is 0 Å². The van der Waals surface area contributed by atoms with E-state index in [1.165, 1.54) is 0 Å². The number of ether oxygens (including phenoxy) is 1. The van der Waals surface area contributed by atoms with Gasteiger partial charge >= 0.3 is 0 Å². The van der Waals surface area contributed by atoms with Crippen LogP contribution < -0.4 is 5.32 Å². The van der Waals surface area contributed by atoms with Crippen LogP contribution in [0.15, 0.2) is 18.2 Å². The monoisotopic (exact) mass is 259 g/mol. The lowest BCUT2D eigenvalue weighted by Crippen LogP contribution is -2.22. The lowest BCUT2D eigenvalue weighted by atomic mass is 10.1. The summed E-state index contributed by atoms with van der Waals surface area (Å²) in [4.78, 5) is 0. The Bertz CT molecular complexity index is 331. The van der Waals surface area contributed by atoms with E-state index in [9.17, 15) is 0 Å². The maximum Gasteiger partial charge on any atom is 0.0507 e. The van der Waals surface area contributed by atoms with Gasteiger partial charge in [0.25, 0.3) is 0 Å². The topological polar surface area (TPSA) is 21.3 Å². The summed E-state index contributed by atoms with van der Waals surface area (Å²) in [6.45, 7) is 3.43. The first kappa shape index (κ1) is 12.2. The lowest BCUT2D eigenvalue weighted by molar-refractivity contribution is 0.185.